The minimum atomic E-state index is -1.64. The van der Waals surface area contributed by atoms with E-state index in [4.69, 9.17) is 18.6 Å². The van der Waals surface area contributed by atoms with Crippen LogP contribution in [0.3, 0.4) is 0 Å². The Labute approximate surface area is 283 Å². The average Bonchev–Trinajstić information content (AvgIpc) is 3.82. The minimum absolute atomic E-state index is 0.0397. The quantitative estimate of drug-likeness (QED) is 0.186. The summed E-state index contributed by atoms with van der Waals surface area (Å²) in [5.41, 5.74) is -2.39. The van der Waals surface area contributed by atoms with Crippen molar-refractivity contribution in [2.45, 2.75) is 97.1 Å². The van der Waals surface area contributed by atoms with E-state index in [0.29, 0.717) is 44.1 Å². The van der Waals surface area contributed by atoms with Gasteiger partial charge in [-0.1, -0.05) is 18.2 Å². The number of methoxy groups -OCH3 is 1. The van der Waals surface area contributed by atoms with Gasteiger partial charge in [0.25, 0.3) is 5.56 Å². The standard InChI is InChI=1S/C36H42N4O7S/c1-20-28-31(41)40(36(5,6)33(42)47-35(2,3)4)34(43)39(32(28)48-29(20)30-38-12-13-45-30)19-27(25-10-8-9-11-26(25)44-7)46-24-16-22-14-21(18-37)15-23(22)17-24/h8-13,21-24,27H,14-17,19H2,1-7H3/t21?,22-,23+,24?,27?. The van der Waals surface area contributed by atoms with Gasteiger partial charge >= 0.3 is 11.7 Å². The predicted molar refractivity (Wildman–Crippen MR) is 181 cm³/mol. The van der Waals surface area contributed by atoms with Crippen LogP contribution in [0, 0.1) is 36.0 Å². The van der Waals surface area contributed by atoms with Crippen LogP contribution in [-0.4, -0.2) is 38.9 Å². The zero-order chi connectivity index (χ0) is 34.5. The van der Waals surface area contributed by atoms with Crippen molar-refractivity contribution in [3.05, 3.63) is 68.7 Å². The number of aromatic nitrogens is 3. The van der Waals surface area contributed by atoms with Gasteiger partial charge < -0.3 is 18.6 Å². The number of para-hydroxylation sites is 1. The SMILES string of the molecule is COc1ccccc1C(Cn1c(=O)n(C(C)(C)C(=O)OC(C)(C)C)c(=O)c2c(C)c(-c3ncco3)sc21)OC1C[C@H]2CC(C#N)C[C@H]2C1. The van der Waals surface area contributed by atoms with E-state index >= 15 is 0 Å². The van der Waals surface area contributed by atoms with Crippen molar-refractivity contribution in [2.24, 2.45) is 17.8 Å². The van der Waals surface area contributed by atoms with E-state index in [1.165, 1.54) is 42.2 Å². The molecule has 254 valence electrons. The maximum absolute atomic E-state index is 14.7. The summed E-state index contributed by atoms with van der Waals surface area (Å²) >= 11 is 1.24. The van der Waals surface area contributed by atoms with Crippen LogP contribution in [0.4, 0.5) is 0 Å². The van der Waals surface area contributed by atoms with E-state index in [9.17, 15) is 19.6 Å². The van der Waals surface area contributed by atoms with Crippen molar-refractivity contribution in [3.8, 4) is 22.6 Å². The molecule has 0 radical (unpaired) electrons. The van der Waals surface area contributed by atoms with Crippen LogP contribution in [-0.2, 0) is 26.4 Å². The number of hydrogen-bond acceptors (Lipinski definition) is 10. The number of carbonyl (C=O) groups excluding carboxylic acids is 1. The lowest BCUT2D eigenvalue weighted by molar-refractivity contribution is -0.164. The molecule has 3 aromatic heterocycles. The number of nitrogens with zero attached hydrogens (tertiary/aromatic N) is 4. The van der Waals surface area contributed by atoms with Crippen molar-refractivity contribution in [1.29, 1.82) is 5.26 Å². The van der Waals surface area contributed by atoms with Gasteiger partial charge in [-0.15, -0.1) is 11.3 Å². The lowest BCUT2D eigenvalue weighted by Gasteiger charge is -2.30. The van der Waals surface area contributed by atoms with Crippen molar-refractivity contribution < 1.29 is 23.4 Å². The first-order valence-electron chi connectivity index (χ1n) is 16.3. The number of esters is 1. The molecule has 0 amide bonds. The Morgan fingerprint density at radius 3 is 2.42 bits per heavy atom. The van der Waals surface area contributed by atoms with Crippen molar-refractivity contribution in [3.63, 3.8) is 0 Å². The Morgan fingerprint density at radius 2 is 1.81 bits per heavy atom. The third kappa shape index (κ3) is 6.10. The van der Waals surface area contributed by atoms with Crippen molar-refractivity contribution >= 4 is 27.5 Å². The average molecular weight is 675 g/mol. The van der Waals surface area contributed by atoms with E-state index in [1.807, 2.05) is 24.3 Å². The molecule has 0 N–H and O–H groups in total. The summed E-state index contributed by atoms with van der Waals surface area (Å²) in [4.78, 5) is 48.0. The van der Waals surface area contributed by atoms with Crippen LogP contribution in [0.5, 0.6) is 5.75 Å². The van der Waals surface area contributed by atoms with E-state index in [-0.39, 0.29) is 18.6 Å². The lowest BCUT2D eigenvalue weighted by Crippen LogP contribution is -2.54. The maximum atomic E-state index is 14.7. The van der Waals surface area contributed by atoms with Gasteiger partial charge in [0.05, 0.1) is 42.3 Å². The fourth-order valence-electron chi connectivity index (χ4n) is 7.36. The smallest absolute Gasteiger partial charge is 0.333 e. The monoisotopic (exact) mass is 674 g/mol. The number of ether oxygens (including phenoxy) is 3. The third-order valence-corrected chi connectivity index (χ3v) is 10.9. The minimum Gasteiger partial charge on any atom is -0.496 e. The second-order valence-corrected chi connectivity index (χ2v) is 15.4. The molecular formula is C36H42N4O7S. The summed E-state index contributed by atoms with van der Waals surface area (Å²) in [7, 11) is 1.59. The number of thiophene rings is 1. The Morgan fingerprint density at radius 1 is 1.12 bits per heavy atom. The number of oxazole rings is 1. The second kappa shape index (κ2) is 12.7. The van der Waals surface area contributed by atoms with Crippen LogP contribution in [0.2, 0.25) is 0 Å². The highest BCUT2D eigenvalue weighted by Gasteiger charge is 2.44. The zero-order valence-electron chi connectivity index (χ0n) is 28.4. The van der Waals surface area contributed by atoms with E-state index in [2.05, 4.69) is 11.1 Å². The zero-order valence-corrected chi connectivity index (χ0v) is 29.3. The Bertz CT molecular complexity index is 1980. The van der Waals surface area contributed by atoms with E-state index in [0.717, 1.165) is 35.8 Å². The summed E-state index contributed by atoms with van der Waals surface area (Å²) in [5.74, 6) is 1.17. The van der Waals surface area contributed by atoms with Gasteiger partial charge in [-0.3, -0.25) is 9.36 Å². The molecule has 1 aromatic carbocycles. The third-order valence-electron chi connectivity index (χ3n) is 9.64. The number of aryl methyl sites for hydroxylation is 1. The highest BCUT2D eigenvalue weighted by atomic mass is 32.1. The van der Waals surface area contributed by atoms with Crippen LogP contribution < -0.4 is 16.0 Å². The molecule has 2 aliphatic rings. The molecule has 3 heterocycles. The highest BCUT2D eigenvalue weighted by molar-refractivity contribution is 7.22. The topological polar surface area (TPSA) is 139 Å². The van der Waals surface area contributed by atoms with Crippen LogP contribution >= 0.6 is 11.3 Å². The first-order chi connectivity index (χ1) is 22.7. The predicted octanol–water partition coefficient (Wildman–Crippen LogP) is 6.36. The molecule has 12 heteroatoms. The number of nitriles is 1. The number of carbonyl (C=O) groups is 1. The Kier molecular flexibility index (Phi) is 8.89. The van der Waals surface area contributed by atoms with Crippen LogP contribution in [0.25, 0.3) is 21.0 Å². The van der Waals surface area contributed by atoms with Crippen LogP contribution in [0.1, 0.15) is 77.5 Å². The summed E-state index contributed by atoms with van der Waals surface area (Å²) in [5, 5.41) is 9.79. The molecule has 0 aliphatic heterocycles. The van der Waals surface area contributed by atoms with E-state index in [1.54, 1.807) is 34.8 Å². The second-order valence-electron chi connectivity index (χ2n) is 14.4. The van der Waals surface area contributed by atoms with Crippen molar-refractivity contribution in [2.75, 3.05) is 7.11 Å². The van der Waals surface area contributed by atoms with E-state index < -0.39 is 34.5 Å². The Balaban J connectivity index is 1.51. The maximum Gasteiger partial charge on any atom is 0.333 e. The lowest BCUT2D eigenvalue weighted by atomic mass is 10.0. The molecule has 3 unspecified atom stereocenters. The van der Waals surface area contributed by atoms with Gasteiger partial charge in [0.2, 0.25) is 5.89 Å². The largest absolute Gasteiger partial charge is 0.496 e. The summed E-state index contributed by atoms with van der Waals surface area (Å²) in [6.07, 6.45) is 5.67. The summed E-state index contributed by atoms with van der Waals surface area (Å²) in [6, 6.07) is 9.99. The number of fused-ring (bicyclic) bond motifs is 2. The van der Waals surface area contributed by atoms with Gasteiger partial charge in [0, 0.05) is 11.5 Å². The Hall–Kier alpha value is -4.21. The fraction of sp³-hybridized carbons (Fsp3) is 0.528. The fourth-order valence-corrected chi connectivity index (χ4v) is 8.60. The molecule has 5 atom stereocenters. The number of hydrogen-bond donors (Lipinski definition) is 0. The molecule has 2 aliphatic carbocycles. The molecular weight excluding hydrogens is 632 g/mol. The molecule has 6 rings (SSSR count). The van der Waals surface area contributed by atoms with Crippen LogP contribution in [0.15, 0.2) is 50.7 Å². The summed E-state index contributed by atoms with van der Waals surface area (Å²) < 4.78 is 26.5. The first kappa shape index (κ1) is 33.7. The summed E-state index contributed by atoms with van der Waals surface area (Å²) in [6.45, 7) is 10.1. The first-order valence-corrected chi connectivity index (χ1v) is 17.2. The molecule has 11 nitrogen and oxygen atoms in total. The van der Waals surface area contributed by atoms with Gasteiger partial charge in [-0.05, 0) is 90.7 Å². The molecule has 0 bridgehead atoms. The van der Waals surface area contributed by atoms with Gasteiger partial charge in [0.15, 0.2) is 0 Å². The number of benzene rings is 1. The highest BCUT2D eigenvalue weighted by Crippen LogP contribution is 2.49. The molecule has 2 saturated carbocycles. The van der Waals surface area contributed by atoms with Gasteiger partial charge in [-0.2, -0.15) is 5.26 Å². The normalized spacial score (nSPS) is 21.6. The van der Waals surface area contributed by atoms with Gasteiger partial charge in [-0.25, -0.2) is 19.1 Å². The van der Waals surface area contributed by atoms with Crippen molar-refractivity contribution in [1.82, 2.24) is 14.1 Å². The molecule has 4 aromatic rings. The molecule has 0 saturated heterocycles. The molecule has 2 fully saturated rings. The molecule has 48 heavy (non-hydrogen) atoms. The van der Waals surface area contributed by atoms with Gasteiger partial charge in [0.1, 0.15) is 34.1 Å². The molecule has 0 spiro atoms. The number of rotatable bonds is 9.